The molecule has 1 saturated carbocycles. The lowest BCUT2D eigenvalue weighted by atomic mass is 9.89. The van der Waals surface area contributed by atoms with E-state index in [1.807, 2.05) is 19.1 Å². The van der Waals surface area contributed by atoms with Gasteiger partial charge in [-0.25, -0.2) is 13.1 Å². The van der Waals surface area contributed by atoms with Crippen LogP contribution in [-0.2, 0) is 27.6 Å². The van der Waals surface area contributed by atoms with Crippen LogP contribution in [0.1, 0.15) is 63.3 Å². The van der Waals surface area contributed by atoms with Crippen LogP contribution in [0.3, 0.4) is 0 Å². The Bertz CT molecular complexity index is 810. The minimum atomic E-state index is -3.36. The van der Waals surface area contributed by atoms with E-state index in [4.69, 9.17) is 4.74 Å². The average Bonchev–Trinajstić information content (AvgIpc) is 2.61. The molecule has 3 rings (SSSR count). The summed E-state index contributed by atoms with van der Waals surface area (Å²) in [4.78, 5) is 13.0. The number of hydrogen-bond acceptors (Lipinski definition) is 4. The normalized spacial score (nSPS) is 28.7. The summed E-state index contributed by atoms with van der Waals surface area (Å²) in [6, 6.07) is 3.28. The summed E-state index contributed by atoms with van der Waals surface area (Å²) in [6.45, 7) is 4.60. The Morgan fingerprint density at radius 3 is 2.52 bits per heavy atom. The van der Waals surface area contributed by atoms with E-state index in [0.29, 0.717) is 25.9 Å². The van der Waals surface area contributed by atoms with E-state index in [-0.39, 0.29) is 23.7 Å². The fourth-order valence-electron chi connectivity index (χ4n) is 4.38. The molecule has 2 unspecified atom stereocenters. The Hall–Kier alpha value is -1.18. The van der Waals surface area contributed by atoms with Crippen LogP contribution in [0, 0.1) is 5.92 Å². The molecule has 2 aliphatic rings. The van der Waals surface area contributed by atoms with Gasteiger partial charge in [0.15, 0.2) is 0 Å². The summed E-state index contributed by atoms with van der Waals surface area (Å²) < 4.78 is 34.5. The SMILES string of the molecule is CCc1ccc2n(c1=O)C(COC1CCC(C)CC1)C(NS(C)(=O)=O)CC2. The molecule has 1 aromatic rings. The van der Waals surface area contributed by atoms with E-state index >= 15 is 0 Å². The Balaban J connectivity index is 1.86. The van der Waals surface area contributed by atoms with E-state index in [1.165, 1.54) is 6.26 Å². The van der Waals surface area contributed by atoms with E-state index in [9.17, 15) is 13.2 Å². The van der Waals surface area contributed by atoms with Crippen LogP contribution >= 0.6 is 0 Å². The Labute approximate surface area is 162 Å². The Morgan fingerprint density at radius 1 is 1.19 bits per heavy atom. The number of pyridine rings is 1. The second-order valence-electron chi connectivity index (χ2n) is 8.20. The van der Waals surface area contributed by atoms with Crippen molar-refractivity contribution in [2.75, 3.05) is 12.9 Å². The molecule has 1 aliphatic heterocycles. The van der Waals surface area contributed by atoms with Crippen LogP contribution in [0.25, 0.3) is 0 Å². The molecule has 2 atom stereocenters. The summed E-state index contributed by atoms with van der Waals surface area (Å²) in [6.07, 6.45) is 7.80. The number of nitrogens with one attached hydrogen (secondary N) is 1. The van der Waals surface area contributed by atoms with Gasteiger partial charge < -0.3 is 9.30 Å². The summed E-state index contributed by atoms with van der Waals surface area (Å²) in [5, 5.41) is 0. The topological polar surface area (TPSA) is 77.4 Å². The first-order valence-corrected chi connectivity index (χ1v) is 12.0. The highest BCUT2D eigenvalue weighted by Crippen LogP contribution is 2.29. The highest BCUT2D eigenvalue weighted by Gasteiger charge is 2.33. The third kappa shape index (κ3) is 5.00. The van der Waals surface area contributed by atoms with Crippen LogP contribution in [0.5, 0.6) is 0 Å². The van der Waals surface area contributed by atoms with E-state index in [1.54, 1.807) is 4.57 Å². The van der Waals surface area contributed by atoms with Gasteiger partial charge in [0.1, 0.15) is 0 Å². The van der Waals surface area contributed by atoms with Gasteiger partial charge in [-0.1, -0.05) is 19.9 Å². The standard InChI is InChI=1S/C20H32N2O4S/c1-4-15-7-8-16-9-12-18(21-27(3,24)25)19(22(16)20(15)23)13-26-17-10-5-14(2)6-11-17/h7-8,14,17-19,21H,4-6,9-13H2,1-3H3. The van der Waals surface area contributed by atoms with Crippen molar-refractivity contribution in [3.8, 4) is 0 Å². The second-order valence-corrected chi connectivity index (χ2v) is 9.98. The van der Waals surface area contributed by atoms with Crippen molar-refractivity contribution in [2.24, 2.45) is 5.92 Å². The smallest absolute Gasteiger partial charge is 0.254 e. The largest absolute Gasteiger partial charge is 0.376 e. The number of rotatable bonds is 6. The van der Waals surface area contributed by atoms with Gasteiger partial charge in [0.05, 0.1) is 25.0 Å². The maximum Gasteiger partial charge on any atom is 0.254 e. The molecule has 152 valence electrons. The molecule has 0 radical (unpaired) electrons. The maximum atomic E-state index is 13.0. The first-order valence-electron chi connectivity index (χ1n) is 10.1. The molecule has 27 heavy (non-hydrogen) atoms. The third-order valence-corrected chi connectivity index (χ3v) is 6.73. The molecule has 0 amide bonds. The van der Waals surface area contributed by atoms with E-state index in [2.05, 4.69) is 11.6 Å². The zero-order chi connectivity index (χ0) is 19.6. The van der Waals surface area contributed by atoms with Crippen molar-refractivity contribution in [3.05, 3.63) is 33.7 Å². The predicted octanol–water partition coefficient (Wildman–Crippen LogP) is 2.41. The molecule has 2 heterocycles. The van der Waals surface area contributed by atoms with Crippen LogP contribution in [0.4, 0.5) is 0 Å². The Morgan fingerprint density at radius 2 is 1.89 bits per heavy atom. The summed E-state index contributed by atoms with van der Waals surface area (Å²) in [7, 11) is -3.36. The number of nitrogens with zero attached hydrogens (tertiary/aromatic N) is 1. The Kier molecular flexibility index (Phi) is 6.43. The van der Waals surface area contributed by atoms with Gasteiger partial charge in [0, 0.05) is 17.3 Å². The zero-order valence-electron chi connectivity index (χ0n) is 16.6. The minimum Gasteiger partial charge on any atom is -0.376 e. The van der Waals surface area contributed by atoms with Crippen LogP contribution in [-0.4, -0.2) is 38.0 Å². The summed E-state index contributed by atoms with van der Waals surface area (Å²) >= 11 is 0. The predicted molar refractivity (Wildman–Crippen MR) is 107 cm³/mol. The zero-order valence-corrected chi connectivity index (χ0v) is 17.4. The molecule has 6 nitrogen and oxygen atoms in total. The number of hydrogen-bond donors (Lipinski definition) is 1. The van der Waals surface area contributed by atoms with E-state index < -0.39 is 10.0 Å². The quantitative estimate of drug-likeness (QED) is 0.801. The van der Waals surface area contributed by atoms with Crippen LogP contribution in [0.15, 0.2) is 16.9 Å². The number of aromatic nitrogens is 1. The van der Waals surface area contributed by atoms with Gasteiger partial charge in [0.25, 0.3) is 5.56 Å². The molecule has 1 aliphatic carbocycles. The first kappa shape index (κ1) is 20.6. The first-order chi connectivity index (χ1) is 12.8. The monoisotopic (exact) mass is 396 g/mol. The van der Waals surface area contributed by atoms with Gasteiger partial charge in [-0.15, -0.1) is 0 Å². The van der Waals surface area contributed by atoms with Gasteiger partial charge in [-0.05, 0) is 56.9 Å². The molecule has 1 N–H and O–H groups in total. The summed E-state index contributed by atoms with van der Waals surface area (Å²) in [5.41, 5.74) is 1.71. The van der Waals surface area contributed by atoms with Gasteiger partial charge in [0.2, 0.25) is 10.0 Å². The van der Waals surface area contributed by atoms with Crippen molar-refractivity contribution in [1.29, 1.82) is 0 Å². The van der Waals surface area contributed by atoms with Crippen molar-refractivity contribution in [3.63, 3.8) is 0 Å². The molecule has 0 spiro atoms. The fourth-order valence-corrected chi connectivity index (χ4v) is 5.20. The molecule has 1 aromatic heterocycles. The molecule has 7 heteroatoms. The summed E-state index contributed by atoms with van der Waals surface area (Å²) in [5.74, 6) is 0.745. The highest BCUT2D eigenvalue weighted by atomic mass is 32.2. The molecule has 0 aromatic carbocycles. The van der Waals surface area contributed by atoms with Gasteiger partial charge >= 0.3 is 0 Å². The van der Waals surface area contributed by atoms with Crippen LogP contribution in [0.2, 0.25) is 0 Å². The van der Waals surface area contributed by atoms with Gasteiger partial charge in [-0.3, -0.25) is 4.79 Å². The highest BCUT2D eigenvalue weighted by molar-refractivity contribution is 7.88. The van der Waals surface area contributed by atoms with Gasteiger partial charge in [-0.2, -0.15) is 0 Å². The molecular weight excluding hydrogens is 364 g/mol. The van der Waals surface area contributed by atoms with Crippen molar-refractivity contribution < 1.29 is 13.2 Å². The fraction of sp³-hybridized carbons (Fsp3) is 0.750. The lowest BCUT2D eigenvalue weighted by Crippen LogP contribution is -2.49. The molecular formula is C20H32N2O4S. The number of fused-ring (bicyclic) bond motifs is 1. The van der Waals surface area contributed by atoms with Crippen molar-refractivity contribution >= 4 is 10.0 Å². The average molecular weight is 397 g/mol. The molecule has 0 bridgehead atoms. The van der Waals surface area contributed by atoms with Crippen molar-refractivity contribution in [2.45, 2.75) is 77.0 Å². The van der Waals surface area contributed by atoms with Crippen molar-refractivity contribution in [1.82, 2.24) is 9.29 Å². The third-order valence-electron chi connectivity index (χ3n) is 6.00. The number of aryl methyl sites for hydroxylation is 2. The second kappa shape index (κ2) is 8.45. The number of sulfonamides is 1. The lowest BCUT2D eigenvalue weighted by Gasteiger charge is -2.37. The molecule has 1 fully saturated rings. The number of ether oxygens (including phenoxy) is 1. The lowest BCUT2D eigenvalue weighted by molar-refractivity contribution is -0.00539. The van der Waals surface area contributed by atoms with Crippen LogP contribution < -0.4 is 10.3 Å². The molecule has 0 saturated heterocycles. The minimum absolute atomic E-state index is 0.0131. The maximum absolute atomic E-state index is 13.0. The van der Waals surface area contributed by atoms with E-state index in [0.717, 1.165) is 42.9 Å².